The largest absolute Gasteiger partial charge is 0.481 e. The summed E-state index contributed by atoms with van der Waals surface area (Å²) in [6.45, 7) is 3.33. The highest BCUT2D eigenvalue weighted by atomic mass is 16.5. The first kappa shape index (κ1) is 44.1. The maximum atomic E-state index is 13.2. The molecule has 3 saturated heterocycles. The van der Waals surface area contributed by atoms with Gasteiger partial charge in [0.25, 0.3) is 0 Å². The molecule has 9 N–H and O–H groups in total. The van der Waals surface area contributed by atoms with Gasteiger partial charge in [0, 0.05) is 44.2 Å². The molecule has 19 atom stereocenters. The summed E-state index contributed by atoms with van der Waals surface area (Å²) in [5.41, 5.74) is 5.93. The molecule has 13 nitrogen and oxygen atoms in total. The predicted octanol–water partition coefficient (Wildman–Crippen LogP) is 3.32. The Bertz CT molecular complexity index is 1310. The Morgan fingerprint density at radius 1 is 0.877 bits per heavy atom. The standard InChI is InChI=1S/C44H77N3O10/c1-25-22-43-14-4-5-29(43)8-10-32(27-12-15-46-39(45)20-27)44(43,23-40(51)52)38(47-25)24-56-37-19-28(18-36(55-3)41(37)53)42-31(13-16-48)34(50)21-30(57-42)9-6-26-7-11-33(49)35(17-26)54-2/h25-39,41-42,46-50,53H,4-24,45H2,1-3H3,(H,51,52)/t25-,26?,27?,28?,29+,30+,31-,32+,33?,34+,35?,36?,37?,38+,39?,41?,42+,43-,44-/m1/s1. The lowest BCUT2D eigenvalue weighted by Crippen LogP contribution is -2.71. The number of nitrogens with two attached hydrogens (primary N) is 1. The Morgan fingerprint density at radius 3 is 2.40 bits per heavy atom. The summed E-state index contributed by atoms with van der Waals surface area (Å²) in [5.74, 6) is 0.351. The average Bonchev–Trinajstić information content (AvgIpc) is 3.60. The van der Waals surface area contributed by atoms with E-state index in [9.17, 15) is 30.3 Å². The van der Waals surface area contributed by atoms with Crippen LogP contribution in [0.4, 0.5) is 0 Å². The molecular formula is C44H77N3O10. The van der Waals surface area contributed by atoms with Crippen LogP contribution >= 0.6 is 0 Å². The molecule has 13 heteroatoms. The molecule has 4 aliphatic carbocycles. The minimum absolute atomic E-state index is 0.0545. The molecule has 7 aliphatic rings. The van der Waals surface area contributed by atoms with Crippen molar-refractivity contribution in [3.63, 3.8) is 0 Å². The molecule has 57 heavy (non-hydrogen) atoms. The fraction of sp³-hybridized carbons (Fsp3) is 0.977. The highest BCUT2D eigenvalue weighted by Crippen LogP contribution is 2.71. The van der Waals surface area contributed by atoms with E-state index in [1.165, 1.54) is 0 Å². The number of rotatable bonds is 14. The van der Waals surface area contributed by atoms with Gasteiger partial charge in [-0.1, -0.05) is 6.42 Å². The van der Waals surface area contributed by atoms with Gasteiger partial charge in [0.1, 0.15) is 6.10 Å². The minimum atomic E-state index is -0.878. The van der Waals surface area contributed by atoms with Crippen LogP contribution in [0.3, 0.4) is 0 Å². The average molecular weight is 808 g/mol. The van der Waals surface area contributed by atoms with Crippen LogP contribution in [0.2, 0.25) is 0 Å². The molecule has 3 heterocycles. The summed E-state index contributed by atoms with van der Waals surface area (Å²) < 4.78 is 25.4. The van der Waals surface area contributed by atoms with E-state index in [1.807, 2.05) is 0 Å². The normalized spacial score (nSPS) is 49.2. The van der Waals surface area contributed by atoms with Crippen LogP contribution in [0.15, 0.2) is 0 Å². The van der Waals surface area contributed by atoms with Crippen LogP contribution < -0.4 is 16.4 Å². The molecule has 0 aromatic carbocycles. The monoisotopic (exact) mass is 808 g/mol. The molecule has 0 aromatic rings. The summed E-state index contributed by atoms with van der Waals surface area (Å²) in [5, 5.41) is 62.0. The molecule has 0 bridgehead atoms. The number of hydrogen-bond acceptors (Lipinski definition) is 12. The van der Waals surface area contributed by atoms with E-state index in [0.717, 1.165) is 90.0 Å². The first-order valence-electron chi connectivity index (χ1n) is 22.9. The molecule has 3 aliphatic heterocycles. The van der Waals surface area contributed by atoms with E-state index >= 15 is 0 Å². The van der Waals surface area contributed by atoms with Crippen molar-refractivity contribution in [3.05, 3.63) is 0 Å². The van der Waals surface area contributed by atoms with Crippen LogP contribution in [-0.4, -0.2) is 133 Å². The van der Waals surface area contributed by atoms with Gasteiger partial charge < -0.3 is 60.8 Å². The summed E-state index contributed by atoms with van der Waals surface area (Å²) in [7, 11) is 3.28. The number of carbonyl (C=O) groups is 1. The summed E-state index contributed by atoms with van der Waals surface area (Å²) >= 11 is 0. The number of ether oxygens (including phenoxy) is 4. The summed E-state index contributed by atoms with van der Waals surface area (Å²) in [6.07, 6.45) is 10.8. The third-order valence-corrected chi connectivity index (χ3v) is 17.0. The Balaban J connectivity index is 1.12. The highest BCUT2D eigenvalue weighted by molar-refractivity contribution is 5.68. The van der Waals surface area contributed by atoms with E-state index in [-0.39, 0.29) is 72.8 Å². The summed E-state index contributed by atoms with van der Waals surface area (Å²) in [4.78, 5) is 13.2. The molecule has 7 rings (SSSR count). The van der Waals surface area contributed by atoms with Gasteiger partial charge in [-0.15, -0.1) is 0 Å². The van der Waals surface area contributed by atoms with Crippen molar-refractivity contribution in [1.29, 1.82) is 0 Å². The van der Waals surface area contributed by atoms with Crippen LogP contribution in [0.25, 0.3) is 0 Å². The zero-order valence-electron chi connectivity index (χ0n) is 35.0. The fourth-order valence-corrected chi connectivity index (χ4v) is 14.7. The molecular weight excluding hydrogens is 730 g/mol. The lowest BCUT2D eigenvalue weighted by Gasteiger charge is -2.67. The third-order valence-electron chi connectivity index (χ3n) is 17.0. The van der Waals surface area contributed by atoms with Crippen LogP contribution in [0.5, 0.6) is 0 Å². The molecule has 7 fully saturated rings. The Hall–Kier alpha value is -0.970. The Morgan fingerprint density at radius 2 is 1.67 bits per heavy atom. The van der Waals surface area contributed by atoms with Crippen molar-refractivity contribution in [1.82, 2.24) is 10.6 Å². The van der Waals surface area contributed by atoms with Crippen molar-refractivity contribution in [2.45, 2.75) is 190 Å². The zero-order valence-corrected chi connectivity index (χ0v) is 35.0. The minimum Gasteiger partial charge on any atom is -0.481 e. The highest BCUT2D eigenvalue weighted by Gasteiger charge is 2.69. The fourth-order valence-electron chi connectivity index (χ4n) is 14.7. The van der Waals surface area contributed by atoms with Gasteiger partial charge in [0.05, 0.1) is 61.9 Å². The molecule has 1 spiro atoms. The number of carboxylic acid groups (broad SMARTS) is 1. The van der Waals surface area contributed by atoms with Gasteiger partial charge >= 0.3 is 5.97 Å². The number of hydrogen-bond donors (Lipinski definition) is 8. The van der Waals surface area contributed by atoms with Crippen molar-refractivity contribution in [2.24, 2.45) is 52.1 Å². The quantitative estimate of drug-likeness (QED) is 0.127. The second kappa shape index (κ2) is 19.0. The SMILES string of the molecule is COC1CC(CC[C@H]2C[C@H](O)[C@@H](CCO)[C@H](C3CC(OC)C(O)C(OC[C@@H]4N[C@H](C)C[C@]56CCC[C@H]5CC[C@@H](C5CCNC(N)C5)[C@]46CC(=O)O)C3)O2)CCC1O. The topological polar surface area (TPSA) is 205 Å². The molecule has 0 amide bonds. The molecule has 328 valence electrons. The number of piperidine rings is 2. The first-order chi connectivity index (χ1) is 27.4. The second-order valence-electron chi connectivity index (χ2n) is 19.9. The maximum absolute atomic E-state index is 13.2. The smallest absolute Gasteiger partial charge is 0.304 e. The molecule has 4 saturated carbocycles. The maximum Gasteiger partial charge on any atom is 0.304 e. The lowest BCUT2D eigenvalue weighted by atomic mass is 9.40. The summed E-state index contributed by atoms with van der Waals surface area (Å²) in [6, 6.07) is -0.000861. The first-order valence-corrected chi connectivity index (χ1v) is 22.9. The van der Waals surface area contributed by atoms with Gasteiger partial charge in [0.15, 0.2) is 0 Å². The predicted molar refractivity (Wildman–Crippen MR) is 214 cm³/mol. The molecule has 9 unspecified atom stereocenters. The number of methoxy groups -OCH3 is 2. The van der Waals surface area contributed by atoms with E-state index < -0.39 is 41.9 Å². The second-order valence-corrected chi connectivity index (χ2v) is 19.9. The number of aliphatic hydroxyl groups excluding tert-OH is 4. The van der Waals surface area contributed by atoms with Crippen molar-refractivity contribution < 1.29 is 49.3 Å². The van der Waals surface area contributed by atoms with E-state index in [4.69, 9.17) is 24.7 Å². The molecule has 0 radical (unpaired) electrons. The van der Waals surface area contributed by atoms with Crippen LogP contribution in [0.1, 0.15) is 122 Å². The van der Waals surface area contributed by atoms with Crippen LogP contribution in [0, 0.1) is 46.3 Å². The zero-order chi connectivity index (χ0) is 40.5. The number of nitrogens with one attached hydrogen (secondary N) is 2. The van der Waals surface area contributed by atoms with Gasteiger partial charge in [-0.05, 0) is 151 Å². The lowest BCUT2D eigenvalue weighted by molar-refractivity contribution is -0.214. The Kier molecular flexibility index (Phi) is 14.7. The van der Waals surface area contributed by atoms with Gasteiger partial charge in [-0.2, -0.15) is 0 Å². The van der Waals surface area contributed by atoms with E-state index in [1.54, 1.807) is 14.2 Å². The van der Waals surface area contributed by atoms with Crippen molar-refractivity contribution in [2.75, 3.05) is 34.0 Å². The number of aliphatic carboxylic acids is 1. The van der Waals surface area contributed by atoms with E-state index in [0.29, 0.717) is 50.0 Å². The number of carboxylic acids is 1. The van der Waals surface area contributed by atoms with Crippen LogP contribution in [-0.2, 0) is 23.7 Å². The van der Waals surface area contributed by atoms with Gasteiger partial charge in [-0.25, -0.2) is 0 Å². The third kappa shape index (κ3) is 8.88. The van der Waals surface area contributed by atoms with Crippen molar-refractivity contribution in [3.8, 4) is 0 Å². The van der Waals surface area contributed by atoms with Gasteiger partial charge in [-0.3, -0.25) is 4.79 Å². The van der Waals surface area contributed by atoms with E-state index in [2.05, 4.69) is 17.6 Å². The molecule has 0 aromatic heterocycles. The van der Waals surface area contributed by atoms with Crippen molar-refractivity contribution >= 4 is 5.97 Å². The Labute approximate surface area is 340 Å². The number of aliphatic hydroxyl groups is 4. The van der Waals surface area contributed by atoms with Gasteiger partial charge in [0.2, 0.25) is 0 Å².